The molecule has 1 rings (SSSR count). The molecule has 0 N–H and O–H groups in total. The summed E-state index contributed by atoms with van der Waals surface area (Å²) in [5, 5.41) is 0. The van der Waals surface area contributed by atoms with Crippen molar-refractivity contribution in [1.82, 2.24) is 9.29 Å². The van der Waals surface area contributed by atoms with E-state index in [0.29, 0.717) is 6.54 Å². The summed E-state index contributed by atoms with van der Waals surface area (Å²) in [6.07, 6.45) is 2.85. The molecule has 0 aromatic carbocycles. The molecule has 0 aliphatic carbocycles. The lowest BCUT2D eigenvalue weighted by atomic mass is 10.5. The van der Waals surface area contributed by atoms with Crippen LogP contribution in [0, 0.1) is 0 Å². The van der Waals surface area contributed by atoms with Crippen LogP contribution >= 0.6 is 11.6 Å². The predicted octanol–water partition coefficient (Wildman–Crippen LogP) is 0.941. The smallest absolute Gasteiger partial charge is 0.244 e. The number of sulfonamides is 1. The number of pyridine rings is 1. The predicted molar refractivity (Wildman–Crippen MR) is 54.8 cm³/mol. The third-order valence-corrected chi connectivity index (χ3v) is 3.75. The fourth-order valence-corrected chi connectivity index (χ4v) is 2.41. The Hall–Kier alpha value is -0.650. The fourth-order valence-electron chi connectivity index (χ4n) is 0.919. The third kappa shape index (κ3) is 2.43. The van der Waals surface area contributed by atoms with E-state index in [4.69, 9.17) is 11.6 Å². The maximum atomic E-state index is 11.7. The van der Waals surface area contributed by atoms with Crippen molar-refractivity contribution in [3.8, 4) is 0 Å². The zero-order valence-electron chi connectivity index (χ0n) is 7.72. The van der Waals surface area contributed by atoms with Crippen molar-refractivity contribution in [2.24, 2.45) is 0 Å². The van der Waals surface area contributed by atoms with Crippen LogP contribution < -0.4 is 0 Å². The Kier molecular flexibility index (Phi) is 3.86. The summed E-state index contributed by atoms with van der Waals surface area (Å²) in [6, 6.07) is 3.09. The van der Waals surface area contributed by atoms with E-state index in [1.165, 1.54) is 29.8 Å². The first-order valence-corrected chi connectivity index (χ1v) is 5.99. The lowest BCUT2D eigenvalue weighted by Gasteiger charge is -2.14. The zero-order valence-corrected chi connectivity index (χ0v) is 9.29. The minimum Gasteiger partial charge on any atom is -0.263 e. The second kappa shape index (κ2) is 4.72. The quantitative estimate of drug-likeness (QED) is 0.729. The van der Waals surface area contributed by atoms with Crippen molar-refractivity contribution in [2.45, 2.75) is 4.90 Å². The third-order valence-electron chi connectivity index (χ3n) is 1.74. The van der Waals surface area contributed by atoms with Crippen molar-refractivity contribution in [3.63, 3.8) is 0 Å². The van der Waals surface area contributed by atoms with E-state index in [0.717, 1.165) is 0 Å². The van der Waals surface area contributed by atoms with E-state index >= 15 is 0 Å². The number of rotatable bonds is 4. The number of aromatic nitrogens is 1. The lowest BCUT2D eigenvalue weighted by molar-refractivity contribution is 0.487. The molecule has 14 heavy (non-hydrogen) atoms. The first kappa shape index (κ1) is 11.4. The second-order valence-electron chi connectivity index (χ2n) is 2.70. The first-order valence-electron chi connectivity index (χ1n) is 4.01. The highest BCUT2D eigenvalue weighted by atomic mass is 35.5. The number of hydrogen-bond donors (Lipinski definition) is 0. The van der Waals surface area contributed by atoms with Crippen LogP contribution in [0.25, 0.3) is 0 Å². The summed E-state index contributed by atoms with van der Waals surface area (Å²) < 4.78 is 24.7. The molecule has 1 aromatic rings. The Morgan fingerprint density at radius 3 is 2.79 bits per heavy atom. The average Bonchev–Trinajstić information content (AvgIpc) is 2.19. The second-order valence-corrected chi connectivity index (χ2v) is 5.13. The van der Waals surface area contributed by atoms with Crippen LogP contribution in [-0.4, -0.2) is 37.2 Å². The molecule has 0 fully saturated rings. The summed E-state index contributed by atoms with van der Waals surface area (Å²) in [5.41, 5.74) is 0. The van der Waals surface area contributed by atoms with Gasteiger partial charge in [-0.1, -0.05) is 0 Å². The lowest BCUT2D eigenvalue weighted by Crippen LogP contribution is -2.28. The summed E-state index contributed by atoms with van der Waals surface area (Å²) in [5.74, 6) is 0.274. The maximum Gasteiger partial charge on any atom is 0.244 e. The van der Waals surface area contributed by atoms with Crippen LogP contribution in [0.5, 0.6) is 0 Å². The summed E-state index contributed by atoms with van der Waals surface area (Å²) >= 11 is 5.47. The number of nitrogens with zero attached hydrogens (tertiary/aromatic N) is 2. The highest BCUT2D eigenvalue weighted by molar-refractivity contribution is 7.89. The van der Waals surface area contributed by atoms with E-state index in [9.17, 15) is 8.42 Å². The Morgan fingerprint density at radius 2 is 2.29 bits per heavy atom. The summed E-state index contributed by atoms with van der Waals surface area (Å²) in [4.78, 5) is 3.94. The van der Waals surface area contributed by atoms with Gasteiger partial charge in [0.25, 0.3) is 0 Å². The molecule has 0 aliphatic heterocycles. The van der Waals surface area contributed by atoms with E-state index in [1.807, 2.05) is 0 Å². The van der Waals surface area contributed by atoms with Crippen molar-refractivity contribution in [3.05, 3.63) is 24.5 Å². The summed E-state index contributed by atoms with van der Waals surface area (Å²) in [7, 11) is -1.92. The van der Waals surface area contributed by atoms with Gasteiger partial charge < -0.3 is 0 Å². The van der Waals surface area contributed by atoms with Gasteiger partial charge in [0.1, 0.15) is 4.90 Å². The molecular weight excluding hydrogens is 224 g/mol. The molecule has 0 saturated heterocycles. The van der Waals surface area contributed by atoms with Crippen LogP contribution in [0.4, 0.5) is 0 Å². The van der Waals surface area contributed by atoms with E-state index in [1.54, 1.807) is 6.07 Å². The van der Waals surface area contributed by atoms with Crippen LogP contribution in [0.15, 0.2) is 29.4 Å². The van der Waals surface area contributed by atoms with Crippen LogP contribution in [-0.2, 0) is 10.0 Å². The van der Waals surface area contributed by atoms with Gasteiger partial charge in [-0.05, 0) is 12.1 Å². The molecule has 0 bridgehead atoms. The van der Waals surface area contributed by atoms with Crippen LogP contribution in [0.1, 0.15) is 0 Å². The van der Waals surface area contributed by atoms with Gasteiger partial charge in [-0.2, -0.15) is 4.31 Å². The molecule has 0 saturated carbocycles. The van der Waals surface area contributed by atoms with Gasteiger partial charge in [-0.25, -0.2) is 8.42 Å². The van der Waals surface area contributed by atoms with Gasteiger partial charge in [0.05, 0.1) is 0 Å². The SMILES string of the molecule is CN(CCCl)S(=O)(=O)c1cccnc1. The monoisotopic (exact) mass is 234 g/mol. The van der Waals surface area contributed by atoms with Gasteiger partial charge in [0.15, 0.2) is 0 Å². The van der Waals surface area contributed by atoms with Crippen molar-refractivity contribution >= 4 is 21.6 Å². The highest BCUT2D eigenvalue weighted by Gasteiger charge is 2.19. The molecular formula is C8H11ClN2O2S. The topological polar surface area (TPSA) is 50.3 Å². The van der Waals surface area contributed by atoms with Crippen molar-refractivity contribution in [2.75, 3.05) is 19.5 Å². The Morgan fingerprint density at radius 1 is 1.57 bits per heavy atom. The molecule has 0 atom stereocenters. The molecule has 0 amide bonds. The number of halogens is 1. The molecule has 1 heterocycles. The fraction of sp³-hybridized carbons (Fsp3) is 0.375. The summed E-state index contributed by atoms with van der Waals surface area (Å²) in [6.45, 7) is 0.290. The Bertz CT molecular complexity index is 380. The number of alkyl halides is 1. The largest absolute Gasteiger partial charge is 0.263 e. The molecule has 78 valence electrons. The molecule has 4 nitrogen and oxygen atoms in total. The molecule has 1 aromatic heterocycles. The maximum absolute atomic E-state index is 11.7. The molecule has 0 aliphatic rings. The van der Waals surface area contributed by atoms with Gasteiger partial charge in [0, 0.05) is 31.9 Å². The Balaban J connectivity index is 2.97. The van der Waals surface area contributed by atoms with E-state index in [-0.39, 0.29) is 10.8 Å². The average molecular weight is 235 g/mol. The first-order chi connectivity index (χ1) is 6.59. The van der Waals surface area contributed by atoms with Gasteiger partial charge >= 0.3 is 0 Å². The van der Waals surface area contributed by atoms with Gasteiger partial charge in [0.2, 0.25) is 10.0 Å². The standard InChI is InChI=1S/C8H11ClN2O2S/c1-11(6-4-9)14(12,13)8-3-2-5-10-7-8/h2-3,5,7H,4,6H2,1H3. The van der Waals surface area contributed by atoms with Gasteiger partial charge in [-0.3, -0.25) is 4.98 Å². The van der Waals surface area contributed by atoms with E-state index < -0.39 is 10.0 Å². The molecule has 0 spiro atoms. The minimum absolute atomic E-state index is 0.188. The molecule has 0 unspecified atom stereocenters. The molecule has 6 heteroatoms. The van der Waals surface area contributed by atoms with Crippen molar-refractivity contribution in [1.29, 1.82) is 0 Å². The Labute approximate surface area is 88.6 Å². The minimum atomic E-state index is -3.41. The van der Waals surface area contributed by atoms with E-state index in [2.05, 4.69) is 4.98 Å². The molecule has 0 radical (unpaired) electrons. The normalized spacial score (nSPS) is 11.9. The van der Waals surface area contributed by atoms with Crippen LogP contribution in [0.3, 0.4) is 0 Å². The van der Waals surface area contributed by atoms with Gasteiger partial charge in [-0.15, -0.1) is 11.6 Å². The van der Waals surface area contributed by atoms with Crippen molar-refractivity contribution < 1.29 is 8.42 Å². The zero-order chi connectivity index (χ0) is 10.6. The number of hydrogen-bond acceptors (Lipinski definition) is 3. The van der Waals surface area contributed by atoms with Crippen LogP contribution in [0.2, 0.25) is 0 Å². The highest BCUT2D eigenvalue weighted by Crippen LogP contribution is 2.11.